The lowest BCUT2D eigenvalue weighted by Crippen LogP contribution is -2.32. The zero-order chi connectivity index (χ0) is 19.1. The molecule has 0 aliphatic rings. The van der Waals surface area contributed by atoms with Crippen molar-refractivity contribution in [2.24, 2.45) is 5.10 Å². The molecule has 0 bridgehead atoms. The Hall–Kier alpha value is -2.77. The summed E-state index contributed by atoms with van der Waals surface area (Å²) < 4.78 is 10.3. The van der Waals surface area contributed by atoms with Crippen molar-refractivity contribution in [3.63, 3.8) is 0 Å². The number of anilines is 1. The van der Waals surface area contributed by atoms with E-state index >= 15 is 0 Å². The van der Waals surface area contributed by atoms with Gasteiger partial charge in [0, 0.05) is 11.3 Å². The molecule has 0 atom stereocenters. The molecule has 2 N–H and O–H groups in total. The van der Waals surface area contributed by atoms with Gasteiger partial charge in [0.25, 0.3) is 0 Å². The van der Waals surface area contributed by atoms with Crippen LogP contribution in [0.3, 0.4) is 0 Å². The standard InChI is InChI=1S/C17H15Cl2N3O4/c1-25-12-4-6-15(26-2)10(7-12)9-20-22-17(24)16(23)21-11-3-5-13(18)14(19)8-11/h3-9H,1-2H3,(H,21,23)(H,22,24)/b20-9-. The first-order valence-electron chi connectivity index (χ1n) is 7.26. The highest BCUT2D eigenvalue weighted by molar-refractivity contribution is 6.42. The number of benzene rings is 2. The van der Waals surface area contributed by atoms with Crippen LogP contribution in [0.25, 0.3) is 0 Å². The summed E-state index contributed by atoms with van der Waals surface area (Å²) in [5.74, 6) is -0.729. The Morgan fingerprint density at radius 1 is 1.00 bits per heavy atom. The van der Waals surface area contributed by atoms with Crippen molar-refractivity contribution < 1.29 is 19.1 Å². The number of rotatable bonds is 5. The van der Waals surface area contributed by atoms with Gasteiger partial charge in [-0.2, -0.15) is 5.10 Å². The van der Waals surface area contributed by atoms with Crippen LogP contribution in [0.15, 0.2) is 41.5 Å². The second-order valence-electron chi connectivity index (χ2n) is 4.89. The Labute approximate surface area is 159 Å². The summed E-state index contributed by atoms with van der Waals surface area (Å²) in [6.45, 7) is 0. The Morgan fingerprint density at radius 3 is 2.42 bits per heavy atom. The highest BCUT2D eigenvalue weighted by Gasteiger charge is 2.13. The average molecular weight is 396 g/mol. The first kappa shape index (κ1) is 19.6. The summed E-state index contributed by atoms with van der Waals surface area (Å²) in [7, 11) is 3.03. The van der Waals surface area contributed by atoms with Gasteiger partial charge in [-0.25, -0.2) is 5.43 Å². The Kier molecular flexibility index (Phi) is 6.82. The van der Waals surface area contributed by atoms with Crippen molar-refractivity contribution in [2.45, 2.75) is 0 Å². The van der Waals surface area contributed by atoms with E-state index in [1.807, 2.05) is 0 Å². The van der Waals surface area contributed by atoms with Crippen LogP contribution in [0.5, 0.6) is 11.5 Å². The van der Waals surface area contributed by atoms with Gasteiger partial charge in [-0.05, 0) is 36.4 Å². The number of carbonyl (C=O) groups excluding carboxylic acids is 2. The molecule has 136 valence electrons. The van der Waals surface area contributed by atoms with Crippen LogP contribution in [0.1, 0.15) is 5.56 Å². The quantitative estimate of drug-likeness (QED) is 0.462. The largest absolute Gasteiger partial charge is 0.497 e. The topological polar surface area (TPSA) is 89.0 Å². The van der Waals surface area contributed by atoms with Gasteiger partial charge in [0.05, 0.1) is 30.5 Å². The van der Waals surface area contributed by atoms with Crippen molar-refractivity contribution in [3.05, 3.63) is 52.0 Å². The van der Waals surface area contributed by atoms with Crippen LogP contribution in [0.2, 0.25) is 10.0 Å². The predicted molar refractivity (Wildman–Crippen MR) is 100 cm³/mol. The summed E-state index contributed by atoms with van der Waals surface area (Å²) in [6.07, 6.45) is 1.34. The minimum absolute atomic E-state index is 0.257. The maximum Gasteiger partial charge on any atom is 0.329 e. The van der Waals surface area contributed by atoms with Crippen LogP contribution in [0, 0.1) is 0 Å². The molecule has 7 nitrogen and oxygen atoms in total. The monoisotopic (exact) mass is 395 g/mol. The molecule has 2 aromatic carbocycles. The van der Waals surface area contributed by atoms with Gasteiger partial charge >= 0.3 is 11.8 Å². The lowest BCUT2D eigenvalue weighted by Gasteiger charge is -2.07. The Morgan fingerprint density at radius 2 is 1.77 bits per heavy atom. The molecule has 0 aliphatic heterocycles. The molecule has 0 unspecified atom stereocenters. The molecule has 2 rings (SSSR count). The van der Waals surface area contributed by atoms with Crippen molar-refractivity contribution in [1.82, 2.24) is 5.43 Å². The minimum atomic E-state index is -0.950. The summed E-state index contributed by atoms with van der Waals surface area (Å²) in [6, 6.07) is 9.54. The van der Waals surface area contributed by atoms with Crippen molar-refractivity contribution in [1.29, 1.82) is 0 Å². The summed E-state index contributed by atoms with van der Waals surface area (Å²) in [5.41, 5.74) is 3.03. The molecule has 0 aromatic heterocycles. The summed E-state index contributed by atoms with van der Waals surface area (Å²) in [5, 5.41) is 6.73. The van der Waals surface area contributed by atoms with Gasteiger partial charge < -0.3 is 14.8 Å². The highest BCUT2D eigenvalue weighted by Crippen LogP contribution is 2.25. The van der Waals surface area contributed by atoms with Gasteiger partial charge in [0.1, 0.15) is 11.5 Å². The average Bonchev–Trinajstić information content (AvgIpc) is 2.64. The SMILES string of the molecule is COc1ccc(OC)c(/C=N\NC(=O)C(=O)Nc2ccc(Cl)c(Cl)c2)c1. The third-order valence-corrected chi connectivity index (χ3v) is 3.93. The minimum Gasteiger partial charge on any atom is -0.497 e. The van der Waals surface area contributed by atoms with Crippen LogP contribution >= 0.6 is 23.2 Å². The molecule has 0 saturated carbocycles. The lowest BCUT2D eigenvalue weighted by atomic mass is 10.2. The number of halogens is 2. The first-order chi connectivity index (χ1) is 12.4. The summed E-state index contributed by atoms with van der Waals surface area (Å²) in [4.78, 5) is 23.7. The van der Waals surface area contributed by atoms with Gasteiger partial charge in [-0.1, -0.05) is 23.2 Å². The second-order valence-corrected chi connectivity index (χ2v) is 5.70. The molecule has 0 saturated heterocycles. The molecular formula is C17H15Cl2N3O4. The van der Waals surface area contributed by atoms with E-state index < -0.39 is 11.8 Å². The lowest BCUT2D eigenvalue weighted by molar-refractivity contribution is -0.136. The fraction of sp³-hybridized carbons (Fsp3) is 0.118. The van der Waals surface area contributed by atoms with Crippen LogP contribution in [-0.4, -0.2) is 32.2 Å². The van der Waals surface area contributed by atoms with E-state index in [9.17, 15) is 9.59 Å². The zero-order valence-electron chi connectivity index (χ0n) is 13.9. The molecule has 26 heavy (non-hydrogen) atoms. The van der Waals surface area contributed by atoms with E-state index in [0.717, 1.165) is 0 Å². The third-order valence-electron chi connectivity index (χ3n) is 3.19. The van der Waals surface area contributed by atoms with E-state index in [1.165, 1.54) is 38.6 Å². The van der Waals surface area contributed by atoms with Gasteiger partial charge in [-0.3, -0.25) is 9.59 Å². The number of ether oxygens (including phenoxy) is 2. The molecule has 0 aliphatic carbocycles. The normalized spacial score (nSPS) is 10.5. The first-order valence-corrected chi connectivity index (χ1v) is 8.01. The number of carbonyl (C=O) groups is 2. The maximum absolute atomic E-state index is 11.9. The number of nitrogens with zero attached hydrogens (tertiary/aromatic N) is 1. The van der Waals surface area contributed by atoms with E-state index in [1.54, 1.807) is 18.2 Å². The predicted octanol–water partition coefficient (Wildman–Crippen LogP) is 3.10. The Balaban J connectivity index is 2.00. The number of amides is 2. The zero-order valence-corrected chi connectivity index (χ0v) is 15.4. The van der Waals surface area contributed by atoms with E-state index in [-0.39, 0.29) is 5.02 Å². The molecular weight excluding hydrogens is 381 g/mol. The molecule has 0 spiro atoms. The van der Waals surface area contributed by atoms with Gasteiger partial charge in [0.2, 0.25) is 0 Å². The molecule has 0 fully saturated rings. The van der Waals surface area contributed by atoms with Crippen molar-refractivity contribution in [3.8, 4) is 11.5 Å². The Bertz CT molecular complexity index is 856. The van der Waals surface area contributed by atoms with Crippen LogP contribution < -0.4 is 20.2 Å². The van der Waals surface area contributed by atoms with Gasteiger partial charge in [0.15, 0.2) is 0 Å². The summed E-state index contributed by atoms with van der Waals surface area (Å²) >= 11 is 11.6. The molecule has 2 amide bonds. The second kappa shape index (κ2) is 9.07. The maximum atomic E-state index is 11.9. The van der Waals surface area contributed by atoms with E-state index in [0.29, 0.717) is 27.8 Å². The highest BCUT2D eigenvalue weighted by atomic mass is 35.5. The van der Waals surface area contributed by atoms with Gasteiger partial charge in [-0.15, -0.1) is 0 Å². The smallest absolute Gasteiger partial charge is 0.329 e. The van der Waals surface area contributed by atoms with E-state index in [2.05, 4.69) is 15.8 Å². The number of nitrogens with one attached hydrogen (secondary N) is 2. The van der Waals surface area contributed by atoms with Crippen molar-refractivity contribution in [2.75, 3.05) is 19.5 Å². The molecule has 2 aromatic rings. The number of hydrogen-bond acceptors (Lipinski definition) is 5. The number of hydrazone groups is 1. The van der Waals surface area contributed by atoms with Crippen LogP contribution in [-0.2, 0) is 9.59 Å². The molecule has 0 radical (unpaired) electrons. The van der Waals surface area contributed by atoms with E-state index in [4.69, 9.17) is 32.7 Å². The van der Waals surface area contributed by atoms with Crippen molar-refractivity contribution >= 4 is 46.9 Å². The fourth-order valence-corrected chi connectivity index (χ4v) is 2.21. The molecule has 9 heteroatoms. The number of methoxy groups -OCH3 is 2. The fourth-order valence-electron chi connectivity index (χ4n) is 1.91. The van der Waals surface area contributed by atoms with Crippen LogP contribution in [0.4, 0.5) is 5.69 Å². The molecule has 0 heterocycles. The third kappa shape index (κ3) is 5.11. The number of hydrogen-bond donors (Lipinski definition) is 2.